The van der Waals surface area contributed by atoms with Crippen molar-refractivity contribution in [3.05, 3.63) is 36.0 Å². The van der Waals surface area contributed by atoms with Crippen molar-refractivity contribution in [1.82, 2.24) is 20.9 Å². The first-order valence-electron chi connectivity index (χ1n) is 12.3. The second kappa shape index (κ2) is 14.1. The summed E-state index contributed by atoms with van der Waals surface area (Å²) in [5.41, 5.74) is 12.6. The van der Waals surface area contributed by atoms with Crippen molar-refractivity contribution in [3.8, 4) is 0 Å². The molecule has 0 saturated heterocycles. The van der Waals surface area contributed by atoms with Crippen LogP contribution in [0.4, 0.5) is 0 Å². The van der Waals surface area contributed by atoms with Crippen molar-refractivity contribution < 1.29 is 34.2 Å². The van der Waals surface area contributed by atoms with E-state index in [0.29, 0.717) is 6.42 Å². The molecular formula is C25H36N6O7. The standard InChI is InChI=1S/C25H36N6O7/c1-13(2)9-16(26)22(34)30-19(10-14-11-28-17-6-4-3-5-15(14)17)23(35)31-20(12-32)24(36)29-18(25(37)38)7-8-21(27)33/h3-6,11,13,16,18-20,28,32H,7-10,12,26H2,1-2H3,(H2,27,33)(H,29,36)(H,30,34)(H,31,35)(H,37,38). The van der Waals surface area contributed by atoms with Gasteiger partial charge in [0.25, 0.3) is 0 Å². The van der Waals surface area contributed by atoms with Gasteiger partial charge in [-0.25, -0.2) is 4.79 Å². The molecule has 4 atom stereocenters. The van der Waals surface area contributed by atoms with Crippen molar-refractivity contribution in [2.24, 2.45) is 17.4 Å². The lowest BCUT2D eigenvalue weighted by molar-refractivity contribution is -0.143. The lowest BCUT2D eigenvalue weighted by Crippen LogP contribution is -2.58. The Kier molecular flexibility index (Phi) is 11.2. The number of amides is 4. The summed E-state index contributed by atoms with van der Waals surface area (Å²) in [5, 5.41) is 27.1. The number of aliphatic carboxylic acids is 1. The fourth-order valence-electron chi connectivity index (χ4n) is 3.91. The summed E-state index contributed by atoms with van der Waals surface area (Å²) in [7, 11) is 0. The summed E-state index contributed by atoms with van der Waals surface area (Å²) < 4.78 is 0. The molecule has 1 heterocycles. The first-order valence-corrected chi connectivity index (χ1v) is 12.3. The fourth-order valence-corrected chi connectivity index (χ4v) is 3.91. The van der Waals surface area contributed by atoms with Gasteiger partial charge >= 0.3 is 5.97 Å². The van der Waals surface area contributed by atoms with Gasteiger partial charge in [0.2, 0.25) is 23.6 Å². The molecule has 4 unspecified atom stereocenters. The molecule has 1 aromatic carbocycles. The number of H-pyrrole nitrogens is 1. The van der Waals surface area contributed by atoms with E-state index < -0.39 is 60.4 Å². The van der Waals surface area contributed by atoms with Crippen molar-refractivity contribution in [2.45, 2.75) is 63.7 Å². The number of rotatable bonds is 15. The Morgan fingerprint density at radius 1 is 0.947 bits per heavy atom. The largest absolute Gasteiger partial charge is 0.480 e. The summed E-state index contributed by atoms with van der Waals surface area (Å²) >= 11 is 0. The van der Waals surface area contributed by atoms with Gasteiger partial charge in [0.05, 0.1) is 12.6 Å². The average Bonchev–Trinajstić information content (AvgIpc) is 3.26. The number of nitrogens with two attached hydrogens (primary N) is 2. The van der Waals surface area contributed by atoms with Crippen LogP contribution in [-0.2, 0) is 30.4 Å². The topological polar surface area (TPSA) is 230 Å². The number of primary amides is 1. The number of carbonyl (C=O) groups is 5. The number of hydrogen-bond donors (Lipinski definition) is 8. The smallest absolute Gasteiger partial charge is 0.326 e. The van der Waals surface area contributed by atoms with E-state index in [1.54, 1.807) is 6.20 Å². The van der Waals surface area contributed by atoms with Crippen LogP contribution in [0.25, 0.3) is 10.9 Å². The number of carboxylic acid groups (broad SMARTS) is 1. The minimum absolute atomic E-state index is 0.0477. The maximum absolute atomic E-state index is 13.2. The van der Waals surface area contributed by atoms with E-state index in [1.807, 2.05) is 38.1 Å². The van der Waals surface area contributed by atoms with Crippen LogP contribution in [0.2, 0.25) is 0 Å². The molecule has 2 aromatic rings. The Balaban J connectivity index is 2.21. The molecule has 0 aliphatic rings. The predicted molar refractivity (Wildman–Crippen MR) is 138 cm³/mol. The summed E-state index contributed by atoms with van der Waals surface area (Å²) in [6.07, 6.45) is 1.58. The molecule has 13 heteroatoms. The van der Waals surface area contributed by atoms with Gasteiger partial charge in [0.15, 0.2) is 0 Å². The zero-order valence-electron chi connectivity index (χ0n) is 21.4. The Bertz CT molecular complexity index is 1150. The Labute approximate surface area is 219 Å². The normalized spacial score (nSPS) is 14.3. The number of aliphatic hydroxyl groups is 1. The molecule has 0 aliphatic carbocycles. The molecule has 208 valence electrons. The van der Waals surface area contributed by atoms with Crippen LogP contribution in [0.3, 0.4) is 0 Å². The highest BCUT2D eigenvalue weighted by Crippen LogP contribution is 2.19. The van der Waals surface area contributed by atoms with Gasteiger partial charge in [0, 0.05) is 29.9 Å². The average molecular weight is 533 g/mol. The monoisotopic (exact) mass is 532 g/mol. The van der Waals surface area contributed by atoms with Gasteiger partial charge in [0.1, 0.15) is 18.1 Å². The van der Waals surface area contributed by atoms with Crippen LogP contribution in [-0.4, -0.2) is 75.6 Å². The maximum atomic E-state index is 13.2. The zero-order chi connectivity index (χ0) is 28.4. The molecule has 0 fully saturated rings. The van der Waals surface area contributed by atoms with Gasteiger partial charge in [-0.05, 0) is 30.4 Å². The molecule has 4 amide bonds. The quantitative estimate of drug-likeness (QED) is 0.140. The number of hydrogen-bond acceptors (Lipinski definition) is 7. The third-order valence-corrected chi connectivity index (χ3v) is 5.90. The summed E-state index contributed by atoms with van der Waals surface area (Å²) in [5.74, 6) is -4.34. The van der Waals surface area contributed by atoms with Crippen molar-refractivity contribution in [1.29, 1.82) is 0 Å². The number of fused-ring (bicyclic) bond motifs is 1. The highest BCUT2D eigenvalue weighted by molar-refractivity contribution is 5.95. The highest BCUT2D eigenvalue weighted by atomic mass is 16.4. The number of nitrogens with one attached hydrogen (secondary N) is 4. The molecule has 2 rings (SSSR count). The third kappa shape index (κ3) is 8.85. The number of aromatic amines is 1. The zero-order valence-corrected chi connectivity index (χ0v) is 21.4. The van der Waals surface area contributed by atoms with E-state index in [1.165, 1.54) is 0 Å². The number of aliphatic hydroxyl groups excluding tert-OH is 1. The molecular weight excluding hydrogens is 496 g/mol. The number of carboxylic acids is 1. The number of carbonyl (C=O) groups excluding carboxylic acids is 4. The first-order chi connectivity index (χ1) is 17.9. The number of benzene rings is 1. The van der Waals surface area contributed by atoms with Crippen molar-refractivity contribution in [2.75, 3.05) is 6.61 Å². The van der Waals surface area contributed by atoms with Crippen LogP contribution in [0.1, 0.15) is 38.7 Å². The summed E-state index contributed by atoms with van der Waals surface area (Å²) in [6, 6.07) is 2.37. The van der Waals surface area contributed by atoms with Gasteiger partial charge in [-0.3, -0.25) is 19.2 Å². The lowest BCUT2D eigenvalue weighted by atomic mass is 10.0. The number of para-hydroxylation sites is 1. The van der Waals surface area contributed by atoms with Gasteiger partial charge < -0.3 is 42.6 Å². The Morgan fingerprint density at radius 2 is 1.55 bits per heavy atom. The van der Waals surface area contributed by atoms with E-state index >= 15 is 0 Å². The fraction of sp³-hybridized carbons (Fsp3) is 0.480. The van der Waals surface area contributed by atoms with E-state index in [9.17, 15) is 34.2 Å². The van der Waals surface area contributed by atoms with Crippen LogP contribution < -0.4 is 27.4 Å². The minimum Gasteiger partial charge on any atom is -0.480 e. The van der Waals surface area contributed by atoms with E-state index in [-0.39, 0.29) is 25.2 Å². The second-order valence-corrected chi connectivity index (χ2v) is 9.51. The summed E-state index contributed by atoms with van der Waals surface area (Å²) in [6.45, 7) is 2.96. The lowest BCUT2D eigenvalue weighted by Gasteiger charge is -2.24. The molecule has 13 nitrogen and oxygen atoms in total. The maximum Gasteiger partial charge on any atom is 0.326 e. The van der Waals surface area contributed by atoms with Crippen LogP contribution >= 0.6 is 0 Å². The SMILES string of the molecule is CC(C)CC(N)C(=O)NC(Cc1c[nH]c2ccccc12)C(=O)NC(CO)C(=O)NC(CCC(N)=O)C(=O)O. The van der Waals surface area contributed by atoms with Crippen molar-refractivity contribution >= 4 is 40.5 Å². The molecule has 0 bridgehead atoms. The van der Waals surface area contributed by atoms with Gasteiger partial charge in [-0.2, -0.15) is 0 Å². The molecule has 0 aliphatic heterocycles. The van der Waals surface area contributed by atoms with Crippen LogP contribution in [0, 0.1) is 5.92 Å². The molecule has 38 heavy (non-hydrogen) atoms. The number of aromatic nitrogens is 1. The van der Waals surface area contributed by atoms with Crippen LogP contribution in [0.15, 0.2) is 30.5 Å². The molecule has 10 N–H and O–H groups in total. The van der Waals surface area contributed by atoms with E-state index in [0.717, 1.165) is 16.5 Å². The predicted octanol–water partition coefficient (Wildman–Crippen LogP) is -1.12. The van der Waals surface area contributed by atoms with Crippen molar-refractivity contribution in [3.63, 3.8) is 0 Å². The molecule has 0 radical (unpaired) electrons. The molecule has 0 saturated carbocycles. The van der Waals surface area contributed by atoms with Gasteiger partial charge in [-0.1, -0.05) is 32.0 Å². The first kappa shape index (κ1) is 30.3. The van der Waals surface area contributed by atoms with Crippen LogP contribution in [0.5, 0.6) is 0 Å². The Morgan fingerprint density at radius 3 is 2.16 bits per heavy atom. The van der Waals surface area contributed by atoms with Gasteiger partial charge in [-0.15, -0.1) is 0 Å². The highest BCUT2D eigenvalue weighted by Gasteiger charge is 2.31. The Hall–Kier alpha value is -3.97. The third-order valence-electron chi connectivity index (χ3n) is 5.90. The molecule has 1 aromatic heterocycles. The van der Waals surface area contributed by atoms with E-state index in [2.05, 4.69) is 20.9 Å². The minimum atomic E-state index is -1.52. The summed E-state index contributed by atoms with van der Waals surface area (Å²) in [4.78, 5) is 64.2. The van der Waals surface area contributed by atoms with E-state index in [4.69, 9.17) is 11.5 Å². The molecule has 0 spiro atoms. The second-order valence-electron chi connectivity index (χ2n) is 9.51.